The van der Waals surface area contributed by atoms with Crippen molar-refractivity contribution in [2.24, 2.45) is 0 Å². The number of likely N-dealkylation sites (tertiary alicyclic amines) is 1. The first-order chi connectivity index (χ1) is 18.3. The van der Waals surface area contributed by atoms with E-state index in [1.807, 2.05) is 20.2 Å². The Balaban J connectivity index is 1.31. The van der Waals surface area contributed by atoms with Crippen molar-refractivity contribution in [2.75, 3.05) is 37.8 Å². The molecule has 0 spiro atoms. The van der Waals surface area contributed by atoms with Crippen LogP contribution in [-0.2, 0) is 11.2 Å². The van der Waals surface area contributed by atoms with Crippen LogP contribution in [0.1, 0.15) is 12.0 Å². The molecular weight excluding hydrogens is 491 g/mol. The first-order valence-electron chi connectivity index (χ1n) is 12.1. The van der Waals surface area contributed by atoms with Gasteiger partial charge >= 0.3 is 12.1 Å². The van der Waals surface area contributed by atoms with Crippen LogP contribution in [0.5, 0.6) is 11.5 Å². The van der Waals surface area contributed by atoms with Gasteiger partial charge in [0.05, 0.1) is 6.42 Å². The molecule has 38 heavy (non-hydrogen) atoms. The summed E-state index contributed by atoms with van der Waals surface area (Å²) in [4.78, 5) is 44.7. The van der Waals surface area contributed by atoms with Gasteiger partial charge in [-0.15, -0.1) is 0 Å². The van der Waals surface area contributed by atoms with Gasteiger partial charge in [-0.2, -0.15) is 0 Å². The zero-order valence-electron chi connectivity index (χ0n) is 21.1. The minimum atomic E-state index is -0.775. The largest absolute Gasteiger partial charge is 0.454 e. The Morgan fingerprint density at radius 2 is 1.87 bits per heavy atom. The van der Waals surface area contributed by atoms with Crippen LogP contribution >= 0.6 is 0 Å². The highest BCUT2D eigenvalue weighted by molar-refractivity contribution is 6.01. The number of benzene rings is 2. The summed E-state index contributed by atoms with van der Waals surface area (Å²) in [6, 6.07) is 15.2. The molecule has 0 unspecified atom stereocenters. The molecule has 1 fully saturated rings. The molecule has 0 bridgehead atoms. The van der Waals surface area contributed by atoms with Gasteiger partial charge in [-0.05, 0) is 44.3 Å². The Labute approximate surface area is 219 Å². The van der Waals surface area contributed by atoms with E-state index in [-0.39, 0.29) is 35.5 Å². The molecule has 2 aromatic carbocycles. The fourth-order valence-corrected chi connectivity index (χ4v) is 3.98. The number of amides is 5. The second-order valence-corrected chi connectivity index (χ2v) is 9.07. The highest BCUT2D eigenvalue weighted by Crippen LogP contribution is 2.28. The zero-order valence-corrected chi connectivity index (χ0v) is 21.1. The van der Waals surface area contributed by atoms with Crippen molar-refractivity contribution in [1.82, 2.24) is 20.1 Å². The summed E-state index contributed by atoms with van der Waals surface area (Å²) in [6.45, 7) is 1.27. The molecular formula is C27H29FN6O4. The third-order valence-electron chi connectivity index (χ3n) is 6.03. The van der Waals surface area contributed by atoms with Gasteiger partial charge in [0.25, 0.3) is 0 Å². The minimum absolute atomic E-state index is 0.0401. The molecule has 3 aromatic rings. The van der Waals surface area contributed by atoms with Crippen molar-refractivity contribution in [3.63, 3.8) is 0 Å². The van der Waals surface area contributed by atoms with Crippen molar-refractivity contribution in [3.8, 4) is 11.5 Å². The fraction of sp³-hybridized carbons (Fsp3) is 0.259. The van der Waals surface area contributed by atoms with Crippen LogP contribution in [0.3, 0.4) is 0 Å². The number of imide groups is 1. The van der Waals surface area contributed by atoms with Gasteiger partial charge in [0, 0.05) is 43.1 Å². The molecule has 1 aromatic heterocycles. The van der Waals surface area contributed by atoms with E-state index in [2.05, 4.69) is 25.8 Å². The first-order valence-corrected chi connectivity index (χ1v) is 12.1. The highest BCUT2D eigenvalue weighted by atomic mass is 19.1. The van der Waals surface area contributed by atoms with Gasteiger partial charge in [-0.25, -0.2) is 19.0 Å². The number of nitrogens with zero attached hydrogens (tertiary/aromatic N) is 3. The van der Waals surface area contributed by atoms with E-state index in [0.717, 1.165) is 18.1 Å². The second kappa shape index (κ2) is 12.2. The number of carbonyl (C=O) groups is 3. The normalized spacial score (nSPS) is 14.7. The standard InChI is InChI=1S/C27H29FN6O4/c1-33(2)20-11-13-34(17-20)27(37)31-24-16-21(10-12-29-24)38-23-9-8-19(15-22(23)28)30-26(36)32-25(35)14-18-6-4-3-5-7-18/h3-10,12,15-16,20H,11,13-14,17H2,1-2H3,(H,29,31,37)(H2,30,32,35,36)/t20-/m1/s1. The SMILES string of the molecule is CN(C)[C@@H]1CCN(C(=O)Nc2cc(Oc3ccc(NC(=O)NC(=O)Cc4ccccc4)cc3F)ccn2)C1. The van der Waals surface area contributed by atoms with Crippen LogP contribution in [0, 0.1) is 5.82 Å². The second-order valence-electron chi connectivity index (χ2n) is 9.07. The summed E-state index contributed by atoms with van der Waals surface area (Å²) < 4.78 is 20.3. The minimum Gasteiger partial charge on any atom is -0.454 e. The molecule has 2 heterocycles. The molecule has 1 aliphatic rings. The highest BCUT2D eigenvalue weighted by Gasteiger charge is 2.27. The van der Waals surface area contributed by atoms with Crippen LogP contribution < -0.4 is 20.7 Å². The summed E-state index contributed by atoms with van der Waals surface area (Å²) in [5, 5.41) is 7.38. The molecule has 4 rings (SSSR count). The lowest BCUT2D eigenvalue weighted by atomic mass is 10.1. The number of ether oxygens (including phenoxy) is 1. The number of carbonyl (C=O) groups excluding carboxylic acids is 3. The summed E-state index contributed by atoms with van der Waals surface area (Å²) in [5.41, 5.74) is 0.905. The molecule has 3 N–H and O–H groups in total. The number of rotatable bonds is 7. The smallest absolute Gasteiger partial charge is 0.325 e. The van der Waals surface area contributed by atoms with E-state index >= 15 is 0 Å². The Bertz CT molecular complexity index is 1300. The summed E-state index contributed by atoms with van der Waals surface area (Å²) in [7, 11) is 3.97. The number of pyridine rings is 1. The number of halogens is 1. The van der Waals surface area contributed by atoms with Gasteiger partial charge in [0.1, 0.15) is 11.6 Å². The number of aromatic nitrogens is 1. The van der Waals surface area contributed by atoms with E-state index in [0.29, 0.717) is 19.1 Å². The van der Waals surface area contributed by atoms with E-state index in [1.54, 1.807) is 29.2 Å². The first kappa shape index (κ1) is 26.6. The van der Waals surface area contributed by atoms with E-state index < -0.39 is 17.8 Å². The maximum atomic E-state index is 14.7. The van der Waals surface area contributed by atoms with Crippen LogP contribution in [0.15, 0.2) is 66.9 Å². The maximum Gasteiger partial charge on any atom is 0.325 e. The van der Waals surface area contributed by atoms with Crippen LogP contribution in [0.4, 0.5) is 25.5 Å². The Hall–Kier alpha value is -4.51. The van der Waals surface area contributed by atoms with E-state index in [1.165, 1.54) is 30.5 Å². The Morgan fingerprint density at radius 3 is 2.58 bits per heavy atom. The van der Waals surface area contributed by atoms with Crippen molar-refractivity contribution < 1.29 is 23.5 Å². The van der Waals surface area contributed by atoms with Gasteiger partial charge in [-0.3, -0.25) is 15.4 Å². The van der Waals surface area contributed by atoms with Crippen molar-refractivity contribution in [3.05, 3.63) is 78.2 Å². The number of likely N-dealkylation sites (N-methyl/N-ethyl adjacent to an activating group) is 1. The van der Waals surface area contributed by atoms with Crippen LogP contribution in [0.25, 0.3) is 0 Å². The zero-order chi connectivity index (χ0) is 27.1. The Kier molecular flexibility index (Phi) is 8.49. The Morgan fingerprint density at radius 1 is 1.08 bits per heavy atom. The summed E-state index contributed by atoms with van der Waals surface area (Å²) in [6.07, 6.45) is 2.38. The van der Waals surface area contributed by atoms with Crippen molar-refractivity contribution in [1.29, 1.82) is 0 Å². The molecule has 1 saturated heterocycles. The number of hydrogen-bond donors (Lipinski definition) is 3. The quantitative estimate of drug-likeness (QED) is 0.433. The van der Waals surface area contributed by atoms with Crippen molar-refractivity contribution >= 4 is 29.5 Å². The van der Waals surface area contributed by atoms with Gasteiger partial charge < -0.3 is 19.9 Å². The topological polar surface area (TPSA) is 116 Å². The molecule has 5 amide bonds. The number of hydrogen-bond acceptors (Lipinski definition) is 6. The average molecular weight is 521 g/mol. The molecule has 0 saturated carbocycles. The summed E-state index contributed by atoms with van der Waals surface area (Å²) in [5.74, 6) is -0.763. The van der Waals surface area contributed by atoms with Gasteiger partial charge in [-0.1, -0.05) is 30.3 Å². The average Bonchev–Trinajstić information content (AvgIpc) is 3.38. The fourth-order valence-electron chi connectivity index (χ4n) is 3.98. The van der Waals surface area contributed by atoms with E-state index in [4.69, 9.17) is 4.74 Å². The van der Waals surface area contributed by atoms with Crippen LogP contribution in [0.2, 0.25) is 0 Å². The molecule has 1 atom stereocenters. The van der Waals surface area contributed by atoms with E-state index in [9.17, 15) is 18.8 Å². The molecule has 0 radical (unpaired) electrons. The molecule has 10 nitrogen and oxygen atoms in total. The number of anilines is 2. The third kappa shape index (κ3) is 7.26. The lowest BCUT2D eigenvalue weighted by Crippen LogP contribution is -2.37. The predicted molar refractivity (Wildman–Crippen MR) is 141 cm³/mol. The lowest BCUT2D eigenvalue weighted by Gasteiger charge is -2.20. The molecule has 198 valence electrons. The molecule has 0 aliphatic carbocycles. The van der Waals surface area contributed by atoms with Gasteiger partial charge in [0.15, 0.2) is 11.6 Å². The van der Waals surface area contributed by atoms with Crippen LogP contribution in [-0.4, -0.2) is 66.0 Å². The molecule has 1 aliphatic heterocycles. The monoisotopic (exact) mass is 520 g/mol. The third-order valence-corrected chi connectivity index (χ3v) is 6.03. The summed E-state index contributed by atoms with van der Waals surface area (Å²) >= 11 is 0. The van der Waals surface area contributed by atoms with Crippen molar-refractivity contribution in [2.45, 2.75) is 18.9 Å². The number of nitrogens with one attached hydrogen (secondary N) is 3. The molecule has 11 heteroatoms. The number of urea groups is 2. The predicted octanol–water partition coefficient (Wildman–Crippen LogP) is 4.07. The maximum absolute atomic E-state index is 14.7. The lowest BCUT2D eigenvalue weighted by molar-refractivity contribution is -0.119. The van der Waals surface area contributed by atoms with Gasteiger partial charge in [0.2, 0.25) is 5.91 Å².